The van der Waals surface area contributed by atoms with E-state index < -0.39 is 0 Å². The summed E-state index contributed by atoms with van der Waals surface area (Å²) in [5.41, 5.74) is 2.62. The van der Waals surface area contributed by atoms with Gasteiger partial charge in [0.15, 0.2) is 0 Å². The number of rotatable bonds is 2. The maximum atomic E-state index is 13.2. The van der Waals surface area contributed by atoms with E-state index in [0.29, 0.717) is 63.0 Å². The van der Waals surface area contributed by atoms with Gasteiger partial charge in [0.05, 0.1) is 25.3 Å². The minimum Gasteiger partial charge on any atom is -0.491 e. The van der Waals surface area contributed by atoms with E-state index in [4.69, 9.17) is 9.47 Å². The number of hydrogen-bond acceptors (Lipinski definition) is 5. The van der Waals surface area contributed by atoms with E-state index >= 15 is 0 Å². The van der Waals surface area contributed by atoms with Gasteiger partial charge in [-0.3, -0.25) is 9.59 Å². The van der Waals surface area contributed by atoms with Gasteiger partial charge in [0.25, 0.3) is 11.8 Å². The van der Waals surface area contributed by atoms with E-state index in [1.165, 1.54) is 0 Å². The smallest absolute Gasteiger partial charge is 0.272 e. The summed E-state index contributed by atoms with van der Waals surface area (Å²) in [4.78, 5) is 34.1. The third-order valence-corrected chi connectivity index (χ3v) is 5.69. The molecule has 2 aliphatic heterocycles. The SMILES string of the molecule is O=C(c1ccc2c(c1)CN(C(=O)c1ccc3ccccc3n1)CCO2)N1CCOCC1. The van der Waals surface area contributed by atoms with Gasteiger partial charge in [0, 0.05) is 36.1 Å². The Morgan fingerprint density at radius 3 is 2.52 bits per heavy atom. The lowest BCUT2D eigenvalue weighted by atomic mass is 10.1. The van der Waals surface area contributed by atoms with Gasteiger partial charge in [-0.05, 0) is 30.3 Å². The highest BCUT2D eigenvalue weighted by atomic mass is 16.5. The fourth-order valence-corrected chi connectivity index (χ4v) is 4.00. The van der Waals surface area contributed by atoms with Gasteiger partial charge in [-0.15, -0.1) is 0 Å². The number of carbonyl (C=O) groups excluding carboxylic acids is 2. The van der Waals surface area contributed by atoms with E-state index in [-0.39, 0.29) is 11.8 Å². The second kappa shape index (κ2) is 8.35. The average Bonchev–Trinajstić information content (AvgIpc) is 3.05. The van der Waals surface area contributed by atoms with Crippen molar-refractivity contribution < 1.29 is 19.1 Å². The number of benzene rings is 2. The lowest BCUT2D eigenvalue weighted by Gasteiger charge is -2.27. The van der Waals surface area contributed by atoms with Crippen molar-refractivity contribution in [3.8, 4) is 5.75 Å². The lowest BCUT2D eigenvalue weighted by molar-refractivity contribution is 0.0303. The molecule has 5 rings (SSSR count). The van der Waals surface area contributed by atoms with Gasteiger partial charge in [0.2, 0.25) is 0 Å². The van der Waals surface area contributed by atoms with Crippen LogP contribution in [-0.4, -0.2) is 66.1 Å². The number of para-hydroxylation sites is 1. The summed E-state index contributed by atoms with van der Waals surface area (Å²) in [6, 6.07) is 16.9. The Bertz CT molecular complexity index is 1140. The maximum absolute atomic E-state index is 13.2. The average molecular weight is 417 g/mol. The molecule has 3 heterocycles. The summed E-state index contributed by atoms with van der Waals surface area (Å²) >= 11 is 0. The van der Waals surface area contributed by atoms with Crippen LogP contribution in [0.25, 0.3) is 10.9 Å². The first kappa shape index (κ1) is 19.5. The first-order chi connectivity index (χ1) is 15.2. The highest BCUT2D eigenvalue weighted by Crippen LogP contribution is 2.26. The van der Waals surface area contributed by atoms with E-state index in [1.54, 1.807) is 21.9 Å². The molecule has 7 heteroatoms. The van der Waals surface area contributed by atoms with E-state index in [2.05, 4.69) is 4.98 Å². The number of aromatic nitrogens is 1. The van der Waals surface area contributed by atoms with Gasteiger partial charge >= 0.3 is 0 Å². The van der Waals surface area contributed by atoms with Gasteiger partial charge in [-0.1, -0.05) is 24.3 Å². The number of amides is 2. The zero-order chi connectivity index (χ0) is 21.2. The van der Waals surface area contributed by atoms with Crippen LogP contribution in [0.3, 0.4) is 0 Å². The third kappa shape index (κ3) is 3.96. The van der Waals surface area contributed by atoms with Crippen molar-refractivity contribution in [1.29, 1.82) is 0 Å². The molecule has 1 fully saturated rings. The first-order valence-corrected chi connectivity index (χ1v) is 10.5. The summed E-state index contributed by atoms with van der Waals surface area (Å²) in [6.07, 6.45) is 0. The molecule has 0 saturated carbocycles. The molecule has 2 amide bonds. The first-order valence-electron chi connectivity index (χ1n) is 10.5. The van der Waals surface area contributed by atoms with Crippen molar-refractivity contribution in [3.05, 3.63) is 71.4 Å². The monoisotopic (exact) mass is 417 g/mol. The van der Waals surface area contributed by atoms with Crippen molar-refractivity contribution in [1.82, 2.24) is 14.8 Å². The molecule has 158 valence electrons. The normalized spacial score (nSPS) is 16.4. The van der Waals surface area contributed by atoms with Crippen LogP contribution in [0.5, 0.6) is 5.75 Å². The predicted molar refractivity (Wildman–Crippen MR) is 115 cm³/mol. The Morgan fingerprint density at radius 2 is 1.65 bits per heavy atom. The van der Waals surface area contributed by atoms with Crippen LogP contribution < -0.4 is 4.74 Å². The Morgan fingerprint density at radius 1 is 0.839 bits per heavy atom. The van der Waals surface area contributed by atoms with Crippen molar-refractivity contribution >= 4 is 22.7 Å². The Kier molecular flexibility index (Phi) is 5.26. The fraction of sp³-hybridized carbons (Fsp3) is 0.292. The van der Waals surface area contributed by atoms with Crippen LogP contribution in [-0.2, 0) is 11.3 Å². The quantitative estimate of drug-likeness (QED) is 0.641. The topological polar surface area (TPSA) is 72.0 Å². The van der Waals surface area contributed by atoms with Crippen molar-refractivity contribution in [2.45, 2.75) is 6.54 Å². The molecule has 0 unspecified atom stereocenters. The molecule has 31 heavy (non-hydrogen) atoms. The number of nitrogens with zero attached hydrogens (tertiary/aromatic N) is 3. The number of carbonyl (C=O) groups is 2. The van der Waals surface area contributed by atoms with E-state index in [0.717, 1.165) is 16.5 Å². The molecule has 1 saturated heterocycles. The van der Waals surface area contributed by atoms with Gasteiger partial charge < -0.3 is 19.3 Å². The number of ether oxygens (including phenoxy) is 2. The highest BCUT2D eigenvalue weighted by molar-refractivity contribution is 5.96. The van der Waals surface area contributed by atoms with Crippen molar-refractivity contribution in [3.63, 3.8) is 0 Å². The number of pyridine rings is 1. The molecule has 2 aromatic carbocycles. The van der Waals surface area contributed by atoms with Gasteiger partial charge in [-0.25, -0.2) is 4.98 Å². The van der Waals surface area contributed by atoms with Crippen LogP contribution >= 0.6 is 0 Å². The predicted octanol–water partition coefficient (Wildman–Crippen LogP) is 2.74. The van der Waals surface area contributed by atoms with Crippen molar-refractivity contribution in [2.75, 3.05) is 39.5 Å². The molecule has 3 aromatic rings. The molecule has 0 radical (unpaired) electrons. The zero-order valence-corrected chi connectivity index (χ0v) is 17.1. The molecule has 7 nitrogen and oxygen atoms in total. The van der Waals surface area contributed by atoms with Crippen molar-refractivity contribution in [2.24, 2.45) is 0 Å². The lowest BCUT2D eigenvalue weighted by Crippen LogP contribution is -2.40. The molecule has 0 spiro atoms. The molecule has 0 N–H and O–H groups in total. The van der Waals surface area contributed by atoms with Gasteiger partial charge in [-0.2, -0.15) is 0 Å². The van der Waals surface area contributed by atoms with Crippen LogP contribution in [0.1, 0.15) is 26.4 Å². The summed E-state index contributed by atoms with van der Waals surface area (Å²) < 4.78 is 11.2. The minimum absolute atomic E-state index is 0.0237. The maximum Gasteiger partial charge on any atom is 0.272 e. The van der Waals surface area contributed by atoms with E-state index in [1.807, 2.05) is 42.5 Å². The molecule has 1 aromatic heterocycles. The van der Waals surface area contributed by atoms with Crippen LogP contribution in [0.4, 0.5) is 0 Å². The summed E-state index contributed by atoms with van der Waals surface area (Å²) in [6.45, 7) is 3.50. The molecule has 0 aliphatic carbocycles. The van der Waals surface area contributed by atoms with Crippen LogP contribution in [0.15, 0.2) is 54.6 Å². The third-order valence-electron chi connectivity index (χ3n) is 5.69. The molecule has 0 atom stereocenters. The minimum atomic E-state index is -0.146. The second-order valence-corrected chi connectivity index (χ2v) is 7.69. The molecular formula is C24H23N3O4. The van der Waals surface area contributed by atoms with Gasteiger partial charge in [0.1, 0.15) is 18.1 Å². The largest absolute Gasteiger partial charge is 0.491 e. The zero-order valence-electron chi connectivity index (χ0n) is 17.1. The summed E-state index contributed by atoms with van der Waals surface area (Å²) in [5, 5.41) is 0.995. The van der Waals surface area contributed by atoms with E-state index in [9.17, 15) is 9.59 Å². The molecule has 2 aliphatic rings. The van der Waals surface area contributed by atoms with Crippen LogP contribution in [0, 0.1) is 0 Å². The molecular weight excluding hydrogens is 394 g/mol. The molecule has 0 bridgehead atoms. The summed E-state index contributed by atoms with van der Waals surface area (Å²) in [5.74, 6) is 0.539. The summed E-state index contributed by atoms with van der Waals surface area (Å²) in [7, 11) is 0. The Labute approximate surface area is 180 Å². The Hall–Kier alpha value is -3.45. The highest BCUT2D eigenvalue weighted by Gasteiger charge is 2.24. The Balaban J connectivity index is 1.39. The number of hydrogen-bond donors (Lipinski definition) is 0. The fourth-order valence-electron chi connectivity index (χ4n) is 4.00. The van der Waals surface area contributed by atoms with Crippen LogP contribution in [0.2, 0.25) is 0 Å². The standard InChI is InChI=1S/C24H23N3O4/c28-23(26-9-12-30-13-10-26)18-6-8-22-19(15-18)16-27(11-14-31-22)24(29)21-7-5-17-3-1-2-4-20(17)25-21/h1-8,15H,9-14,16H2. The number of morpholine rings is 1. The second-order valence-electron chi connectivity index (χ2n) is 7.69. The number of fused-ring (bicyclic) bond motifs is 2.